The molecule has 2 fully saturated rings. The molecule has 3 atom stereocenters. The highest BCUT2D eigenvalue weighted by atomic mass is 19.3. The van der Waals surface area contributed by atoms with E-state index in [1.54, 1.807) is 6.07 Å². The highest BCUT2D eigenvalue weighted by Crippen LogP contribution is 2.66. The van der Waals surface area contributed by atoms with E-state index < -0.39 is 29.5 Å². The van der Waals surface area contributed by atoms with E-state index in [9.17, 15) is 18.0 Å². The lowest BCUT2D eigenvalue weighted by Crippen LogP contribution is -2.38. The number of fused-ring (bicyclic) bond motifs is 2. The summed E-state index contributed by atoms with van der Waals surface area (Å²) in [5, 5.41) is 0. The largest absolute Gasteiger partial charge is 0.491 e. The molecule has 2 saturated carbocycles. The third kappa shape index (κ3) is 2.00. The Morgan fingerprint density at radius 1 is 1.32 bits per heavy atom. The van der Waals surface area contributed by atoms with E-state index >= 15 is 0 Å². The zero-order valence-corrected chi connectivity index (χ0v) is 11.9. The van der Waals surface area contributed by atoms with E-state index in [-0.39, 0.29) is 12.5 Å². The summed E-state index contributed by atoms with van der Waals surface area (Å²) in [4.78, 5) is 14.2. The van der Waals surface area contributed by atoms with Crippen molar-refractivity contribution in [2.24, 2.45) is 17.8 Å². The topological polar surface area (TPSA) is 29.5 Å². The maximum absolute atomic E-state index is 13.5. The van der Waals surface area contributed by atoms with Gasteiger partial charge in [0.05, 0.1) is 6.54 Å². The number of benzene rings is 1. The third-order valence-corrected chi connectivity index (χ3v) is 5.12. The summed E-state index contributed by atoms with van der Waals surface area (Å²) in [7, 11) is 0. The average molecular weight is 311 g/mol. The molecule has 3 nitrogen and oxygen atoms in total. The molecule has 1 amide bonds. The Labute approximate surface area is 126 Å². The minimum Gasteiger partial charge on any atom is -0.491 e. The lowest BCUT2D eigenvalue weighted by molar-refractivity contribution is -0.138. The number of alkyl halides is 2. The monoisotopic (exact) mass is 311 g/mol. The third-order valence-electron chi connectivity index (χ3n) is 5.12. The number of carbonyl (C=O) groups excluding carboxylic acids is 1. The summed E-state index contributed by atoms with van der Waals surface area (Å²) in [6, 6.07) is 4.19. The normalized spacial score (nSPS) is 31.8. The van der Waals surface area contributed by atoms with E-state index in [2.05, 4.69) is 0 Å². The van der Waals surface area contributed by atoms with E-state index in [0.717, 1.165) is 0 Å². The van der Waals surface area contributed by atoms with Gasteiger partial charge >= 0.3 is 0 Å². The molecule has 0 spiro atoms. The van der Waals surface area contributed by atoms with Crippen molar-refractivity contribution in [3.8, 4) is 5.75 Å². The van der Waals surface area contributed by atoms with Crippen molar-refractivity contribution in [2.45, 2.75) is 25.3 Å². The first kappa shape index (κ1) is 13.9. The second-order valence-electron chi connectivity index (χ2n) is 6.35. The molecule has 0 bridgehead atoms. The van der Waals surface area contributed by atoms with Gasteiger partial charge in [-0.15, -0.1) is 0 Å². The molecular weight excluding hydrogens is 295 g/mol. The fourth-order valence-corrected chi connectivity index (χ4v) is 3.94. The molecule has 0 radical (unpaired) electrons. The molecule has 1 aliphatic heterocycles. The van der Waals surface area contributed by atoms with Crippen LogP contribution < -0.4 is 4.74 Å². The fourth-order valence-electron chi connectivity index (χ4n) is 3.94. The number of rotatable bonds is 1. The van der Waals surface area contributed by atoms with Gasteiger partial charge in [0.1, 0.15) is 18.2 Å². The van der Waals surface area contributed by atoms with Gasteiger partial charge in [0.2, 0.25) is 5.91 Å². The summed E-state index contributed by atoms with van der Waals surface area (Å²) >= 11 is 0. The van der Waals surface area contributed by atoms with Crippen molar-refractivity contribution in [1.29, 1.82) is 0 Å². The Hall–Kier alpha value is -1.72. The number of amides is 1. The van der Waals surface area contributed by atoms with E-state index in [1.165, 1.54) is 17.0 Å². The van der Waals surface area contributed by atoms with Crippen LogP contribution in [0.3, 0.4) is 0 Å². The quantitative estimate of drug-likeness (QED) is 0.798. The zero-order chi connectivity index (χ0) is 15.5. The number of halogens is 3. The van der Waals surface area contributed by atoms with Crippen molar-refractivity contribution in [2.75, 3.05) is 13.2 Å². The first-order valence-corrected chi connectivity index (χ1v) is 7.56. The molecule has 3 aliphatic rings. The minimum atomic E-state index is -2.68. The SMILES string of the molecule is O=C(C1CCC2C1C2(F)F)N1CCOc2ccc(F)cc2C1. The molecule has 22 heavy (non-hydrogen) atoms. The number of ether oxygens (including phenoxy) is 1. The Morgan fingerprint density at radius 3 is 2.86 bits per heavy atom. The molecule has 3 unspecified atom stereocenters. The molecule has 1 heterocycles. The molecule has 6 heteroatoms. The van der Waals surface area contributed by atoms with Crippen LogP contribution in [0.5, 0.6) is 5.75 Å². The Morgan fingerprint density at radius 2 is 2.14 bits per heavy atom. The fraction of sp³-hybridized carbons (Fsp3) is 0.562. The first-order chi connectivity index (χ1) is 10.5. The van der Waals surface area contributed by atoms with Crippen LogP contribution in [0.2, 0.25) is 0 Å². The van der Waals surface area contributed by atoms with Crippen molar-refractivity contribution < 1.29 is 22.7 Å². The standard InChI is InChI=1S/C16H16F3NO2/c17-10-1-4-13-9(7-10)8-20(5-6-22-13)15(21)11-2-3-12-14(11)16(12,18)19/h1,4,7,11-12,14H,2-3,5-6,8H2. The van der Waals surface area contributed by atoms with E-state index in [0.29, 0.717) is 37.3 Å². The lowest BCUT2D eigenvalue weighted by atomic mass is 10.0. The number of nitrogens with zero attached hydrogens (tertiary/aromatic N) is 1. The van der Waals surface area contributed by atoms with Crippen molar-refractivity contribution >= 4 is 5.91 Å². The average Bonchev–Trinajstić information content (AvgIpc) is 2.83. The van der Waals surface area contributed by atoms with Crippen molar-refractivity contribution in [3.63, 3.8) is 0 Å². The van der Waals surface area contributed by atoms with Crippen LogP contribution in [0, 0.1) is 23.6 Å². The first-order valence-electron chi connectivity index (χ1n) is 7.56. The van der Waals surface area contributed by atoms with Gasteiger partial charge < -0.3 is 9.64 Å². The van der Waals surface area contributed by atoms with Gasteiger partial charge in [-0.2, -0.15) is 0 Å². The molecule has 1 aromatic carbocycles. The van der Waals surface area contributed by atoms with Crippen LogP contribution in [0.15, 0.2) is 18.2 Å². The molecule has 1 aromatic rings. The maximum Gasteiger partial charge on any atom is 0.255 e. The zero-order valence-electron chi connectivity index (χ0n) is 11.9. The highest BCUT2D eigenvalue weighted by molar-refractivity contribution is 5.80. The Balaban J connectivity index is 1.54. The predicted molar refractivity (Wildman–Crippen MR) is 72.0 cm³/mol. The van der Waals surface area contributed by atoms with Gasteiger partial charge in [-0.3, -0.25) is 4.79 Å². The summed E-state index contributed by atoms with van der Waals surface area (Å²) < 4.78 is 46.0. The van der Waals surface area contributed by atoms with Crippen LogP contribution in [0.25, 0.3) is 0 Å². The number of hydrogen-bond donors (Lipinski definition) is 0. The van der Waals surface area contributed by atoms with Gasteiger partial charge in [0, 0.05) is 29.9 Å². The van der Waals surface area contributed by atoms with E-state index in [4.69, 9.17) is 4.74 Å². The van der Waals surface area contributed by atoms with Gasteiger partial charge in [-0.25, -0.2) is 13.2 Å². The van der Waals surface area contributed by atoms with Crippen LogP contribution in [-0.4, -0.2) is 29.9 Å². The summed E-state index contributed by atoms with van der Waals surface area (Å²) in [5.41, 5.74) is 0.586. The van der Waals surface area contributed by atoms with Crippen molar-refractivity contribution in [3.05, 3.63) is 29.6 Å². The molecule has 0 N–H and O–H groups in total. The van der Waals surface area contributed by atoms with Crippen LogP contribution in [-0.2, 0) is 11.3 Å². The van der Waals surface area contributed by atoms with Crippen LogP contribution in [0.4, 0.5) is 13.2 Å². The number of carbonyl (C=O) groups is 1. The van der Waals surface area contributed by atoms with Crippen LogP contribution in [0.1, 0.15) is 18.4 Å². The lowest BCUT2D eigenvalue weighted by Gasteiger charge is -2.24. The molecule has 0 saturated heterocycles. The van der Waals surface area contributed by atoms with Gasteiger partial charge in [-0.05, 0) is 31.0 Å². The molecule has 2 aliphatic carbocycles. The van der Waals surface area contributed by atoms with Crippen LogP contribution >= 0.6 is 0 Å². The summed E-state index contributed by atoms with van der Waals surface area (Å²) in [5.74, 6) is -4.78. The van der Waals surface area contributed by atoms with Gasteiger partial charge in [0.25, 0.3) is 5.92 Å². The molecular formula is C16H16F3NO2. The minimum absolute atomic E-state index is 0.214. The summed E-state index contributed by atoms with van der Waals surface area (Å²) in [6.07, 6.45) is 0.945. The van der Waals surface area contributed by atoms with Gasteiger partial charge in [0.15, 0.2) is 0 Å². The second-order valence-corrected chi connectivity index (χ2v) is 6.35. The smallest absolute Gasteiger partial charge is 0.255 e. The molecule has 4 rings (SSSR count). The Bertz CT molecular complexity index is 634. The van der Waals surface area contributed by atoms with Crippen molar-refractivity contribution in [1.82, 2.24) is 4.90 Å². The Kier molecular flexibility index (Phi) is 2.93. The molecule has 0 aromatic heterocycles. The molecule has 118 valence electrons. The van der Waals surface area contributed by atoms with E-state index in [1.807, 2.05) is 0 Å². The maximum atomic E-state index is 13.5. The highest BCUT2D eigenvalue weighted by Gasteiger charge is 2.74. The van der Waals surface area contributed by atoms with Gasteiger partial charge in [-0.1, -0.05) is 0 Å². The number of hydrogen-bond acceptors (Lipinski definition) is 2. The predicted octanol–water partition coefficient (Wildman–Crippen LogP) is 2.84. The summed E-state index contributed by atoms with van der Waals surface area (Å²) in [6.45, 7) is 0.849. The second kappa shape index (κ2) is 4.64.